The largest absolute Gasteiger partial charge is 0.0776 e. The predicted octanol–water partition coefficient (Wildman–Crippen LogP) is 6.59. The van der Waals surface area contributed by atoms with Crippen molar-refractivity contribution < 1.29 is 0 Å². The average molecular weight is 228 g/mol. The maximum Gasteiger partial charge on any atom is -0.0411 e. The third kappa shape index (κ3) is 23.7. The van der Waals surface area contributed by atoms with E-state index in [0.29, 0.717) is 5.41 Å². The molecule has 0 nitrogen and oxygen atoms in total. The fraction of sp³-hybridized carbons (Fsp3) is 1.00. The first kappa shape index (κ1) is 18.4. The molecule has 0 spiro atoms. The number of hydrogen-bond acceptors (Lipinski definition) is 0. The van der Waals surface area contributed by atoms with Crippen LogP contribution in [0.15, 0.2) is 0 Å². The van der Waals surface area contributed by atoms with Crippen molar-refractivity contribution in [3.63, 3.8) is 0 Å². The minimum Gasteiger partial charge on any atom is -0.0776 e. The highest BCUT2D eigenvalue weighted by atomic mass is 14.0. The van der Waals surface area contributed by atoms with Gasteiger partial charge in [-0.2, -0.15) is 0 Å². The molecule has 2 rings (SSSR count). The van der Waals surface area contributed by atoms with Crippen molar-refractivity contribution in [2.24, 2.45) is 5.41 Å². The molecule has 0 saturated heterocycles. The predicted molar refractivity (Wildman–Crippen MR) is 78.0 cm³/mol. The Hall–Kier alpha value is 0. The summed E-state index contributed by atoms with van der Waals surface area (Å²) in [4.78, 5) is 0. The van der Waals surface area contributed by atoms with Gasteiger partial charge in [0.2, 0.25) is 0 Å². The van der Waals surface area contributed by atoms with Gasteiger partial charge in [-0.25, -0.2) is 0 Å². The first-order valence-corrected chi connectivity index (χ1v) is 7.00. The minimum atomic E-state index is 0. The van der Waals surface area contributed by atoms with Crippen LogP contribution in [0, 0.1) is 5.41 Å². The van der Waals surface area contributed by atoms with Gasteiger partial charge >= 0.3 is 0 Å². The minimum absolute atomic E-state index is 0. The number of rotatable bonds is 0. The zero-order valence-corrected chi connectivity index (χ0v) is 11.6. The molecule has 0 atom stereocenters. The fourth-order valence-corrected chi connectivity index (χ4v) is 1.77. The summed E-state index contributed by atoms with van der Waals surface area (Å²) in [5.41, 5.74) is 0.500. The van der Waals surface area contributed by atoms with Crippen LogP contribution in [0.5, 0.6) is 0 Å². The van der Waals surface area contributed by atoms with Crippen molar-refractivity contribution in [2.45, 2.75) is 99.3 Å². The molecule has 2 aliphatic rings. The van der Waals surface area contributed by atoms with Gasteiger partial charge in [-0.3, -0.25) is 0 Å². The molecule has 16 heavy (non-hydrogen) atoms. The van der Waals surface area contributed by atoms with E-state index in [1.807, 2.05) is 0 Å². The summed E-state index contributed by atoms with van der Waals surface area (Å²) in [6, 6.07) is 0. The van der Waals surface area contributed by atoms with Crippen LogP contribution in [0.1, 0.15) is 99.3 Å². The Morgan fingerprint density at radius 3 is 0.562 bits per heavy atom. The van der Waals surface area contributed by atoms with Gasteiger partial charge in [0, 0.05) is 0 Å². The molecule has 0 aromatic carbocycles. The van der Waals surface area contributed by atoms with Crippen LogP contribution in [0.25, 0.3) is 0 Å². The highest BCUT2D eigenvalue weighted by molar-refractivity contribution is 4.51. The van der Waals surface area contributed by atoms with Crippen LogP contribution < -0.4 is 0 Å². The Balaban J connectivity index is 0. The fourth-order valence-electron chi connectivity index (χ4n) is 1.77. The molecular weight excluding hydrogens is 192 g/mol. The van der Waals surface area contributed by atoms with E-state index in [-0.39, 0.29) is 7.43 Å². The van der Waals surface area contributed by atoms with Gasteiger partial charge in [0.05, 0.1) is 0 Å². The molecule has 2 aliphatic carbocycles. The second-order valence-electron chi connectivity index (χ2n) is 6.54. The van der Waals surface area contributed by atoms with Crippen LogP contribution in [0.3, 0.4) is 0 Å². The summed E-state index contributed by atoms with van der Waals surface area (Å²) < 4.78 is 0. The Morgan fingerprint density at radius 2 is 0.500 bits per heavy atom. The zero-order chi connectivity index (χ0) is 11.6. The molecule has 100 valence electrons. The van der Waals surface area contributed by atoms with Gasteiger partial charge in [-0.05, 0) is 5.41 Å². The van der Waals surface area contributed by atoms with Crippen molar-refractivity contribution >= 4 is 0 Å². The number of hydrogen-bond donors (Lipinski definition) is 0. The van der Waals surface area contributed by atoms with Crippen molar-refractivity contribution in [1.82, 2.24) is 0 Å². The van der Waals surface area contributed by atoms with Gasteiger partial charge < -0.3 is 0 Å². The lowest BCUT2D eigenvalue weighted by atomic mass is 10.0. The third-order valence-electron chi connectivity index (χ3n) is 2.50. The highest BCUT2D eigenvalue weighted by Gasteiger charge is 1.96. The van der Waals surface area contributed by atoms with E-state index in [2.05, 4.69) is 27.7 Å². The lowest BCUT2D eigenvalue weighted by Crippen LogP contribution is -1.93. The van der Waals surface area contributed by atoms with Gasteiger partial charge in [0.1, 0.15) is 0 Å². The first-order valence-electron chi connectivity index (χ1n) is 7.00. The summed E-state index contributed by atoms with van der Waals surface area (Å²) in [7, 11) is 0. The normalized spacial score (nSPS) is 18.8. The van der Waals surface area contributed by atoms with Gasteiger partial charge in [0.15, 0.2) is 0 Å². The molecule has 0 radical (unpaired) electrons. The lowest BCUT2D eigenvalue weighted by Gasteiger charge is -2.05. The van der Waals surface area contributed by atoms with E-state index in [0.717, 1.165) is 0 Å². The Labute approximate surface area is 105 Å². The maximum absolute atomic E-state index is 2.19. The van der Waals surface area contributed by atoms with E-state index in [9.17, 15) is 0 Å². The summed E-state index contributed by atoms with van der Waals surface area (Å²) in [6.45, 7) is 8.75. The molecule has 0 amide bonds. The van der Waals surface area contributed by atoms with Crippen LogP contribution in [0.4, 0.5) is 0 Å². The SMILES string of the molecule is C.C1CCCC1.C1CCCC1.CC(C)(C)C. The van der Waals surface area contributed by atoms with Crippen LogP contribution in [-0.4, -0.2) is 0 Å². The Bertz CT molecular complexity index is 79.3. The molecule has 0 unspecified atom stereocenters. The smallest absolute Gasteiger partial charge is 0.0411 e. The highest BCUT2D eigenvalue weighted by Crippen LogP contribution is 2.15. The molecule has 0 heteroatoms. The Kier molecular flexibility index (Phi) is 13.2. The molecule has 2 saturated carbocycles. The first-order chi connectivity index (χ1) is 7.00. The van der Waals surface area contributed by atoms with Crippen LogP contribution in [-0.2, 0) is 0 Å². The van der Waals surface area contributed by atoms with E-state index in [4.69, 9.17) is 0 Å². The lowest BCUT2D eigenvalue weighted by molar-refractivity contribution is 0.469. The zero-order valence-electron chi connectivity index (χ0n) is 11.6. The topological polar surface area (TPSA) is 0 Å². The van der Waals surface area contributed by atoms with E-state index in [1.54, 1.807) is 0 Å². The summed E-state index contributed by atoms with van der Waals surface area (Å²) in [6.07, 6.45) is 15.0. The van der Waals surface area contributed by atoms with E-state index < -0.39 is 0 Å². The van der Waals surface area contributed by atoms with Crippen LogP contribution >= 0.6 is 0 Å². The summed E-state index contributed by atoms with van der Waals surface area (Å²) >= 11 is 0. The van der Waals surface area contributed by atoms with Gasteiger partial charge in [-0.15, -0.1) is 0 Å². The second-order valence-corrected chi connectivity index (χ2v) is 6.54. The quantitative estimate of drug-likeness (QED) is 0.439. The second kappa shape index (κ2) is 11.5. The van der Waals surface area contributed by atoms with Crippen molar-refractivity contribution in [1.29, 1.82) is 0 Å². The third-order valence-corrected chi connectivity index (χ3v) is 2.50. The summed E-state index contributed by atoms with van der Waals surface area (Å²) in [5.74, 6) is 0. The molecule has 0 aliphatic heterocycles. The molecule has 0 bridgehead atoms. The molecule has 0 N–H and O–H groups in total. The monoisotopic (exact) mass is 228 g/mol. The van der Waals surface area contributed by atoms with E-state index in [1.165, 1.54) is 64.2 Å². The summed E-state index contributed by atoms with van der Waals surface area (Å²) in [5, 5.41) is 0. The molecule has 0 aromatic heterocycles. The average Bonchev–Trinajstić information content (AvgIpc) is 2.81. The molecular formula is C16H36. The molecule has 0 aromatic rings. The molecule has 2 fully saturated rings. The van der Waals surface area contributed by atoms with Gasteiger partial charge in [0.25, 0.3) is 0 Å². The maximum atomic E-state index is 2.19. The molecule has 0 heterocycles. The standard InChI is InChI=1S/2C5H10.C5H12.CH4/c2*1-2-4-5-3-1;1-5(2,3)4;/h2*1-5H2;1-4H3;1H4. The van der Waals surface area contributed by atoms with Crippen LogP contribution in [0.2, 0.25) is 0 Å². The van der Waals surface area contributed by atoms with E-state index >= 15 is 0 Å². The van der Waals surface area contributed by atoms with Crippen molar-refractivity contribution in [2.75, 3.05) is 0 Å². The van der Waals surface area contributed by atoms with Crippen molar-refractivity contribution in [3.8, 4) is 0 Å². The van der Waals surface area contributed by atoms with Crippen molar-refractivity contribution in [3.05, 3.63) is 0 Å². The van der Waals surface area contributed by atoms with Gasteiger partial charge in [-0.1, -0.05) is 99.3 Å². The Morgan fingerprint density at radius 1 is 0.438 bits per heavy atom.